The van der Waals surface area contributed by atoms with Crippen molar-refractivity contribution in [1.82, 2.24) is 24.9 Å². The molecule has 0 fully saturated rings. The summed E-state index contributed by atoms with van der Waals surface area (Å²) in [7, 11) is 0. The SMILES string of the molecule is CC(=O)C=C(C)O.CC(=O)C=C(C)O.CC(=O)C=C(C)O.CC(C)(C)C(=O)CC(=O)C(C)(C)C.CC1(C)c2ccccc2-c2c[c-]c(-c3nccc4ccccc34)cc21.[Ir].[Ir].[Ir].[Ir].[Ir].[c-]1c(-c2ccccn2)sc2ccccc12.[c-]1ccccc1-c1ccc2ccccc2n1.[c-]1ccccc1-c1nccc2ccccc12.[c-]1ccccc1-c1nccc2ccccc12. The summed E-state index contributed by atoms with van der Waals surface area (Å²) in [4.78, 5) is 76.7. The summed E-state index contributed by atoms with van der Waals surface area (Å²) >= 11 is 1.73. The molecule has 6 heterocycles. The second-order valence-corrected chi connectivity index (χ2v) is 32.2. The van der Waals surface area contributed by atoms with Crippen molar-refractivity contribution in [1.29, 1.82) is 0 Å². The molecule has 1 aliphatic carbocycles. The van der Waals surface area contributed by atoms with Crippen molar-refractivity contribution in [2.75, 3.05) is 0 Å². The van der Waals surface area contributed by atoms with Gasteiger partial charge in [-0.3, -0.25) is 29.0 Å². The van der Waals surface area contributed by atoms with Gasteiger partial charge in [0.2, 0.25) is 0 Å². The van der Waals surface area contributed by atoms with Gasteiger partial charge in [0.05, 0.1) is 29.2 Å². The first-order valence-electron chi connectivity index (χ1n) is 39.8. The maximum absolute atomic E-state index is 11.5. The van der Waals surface area contributed by atoms with Crippen LogP contribution in [0, 0.1) is 41.2 Å². The minimum absolute atomic E-state index is 0. The Morgan fingerprint density at radius 1 is 0.378 bits per heavy atom. The van der Waals surface area contributed by atoms with E-state index in [1.807, 2.05) is 224 Å². The van der Waals surface area contributed by atoms with Gasteiger partial charge in [-0.25, -0.2) is 11.3 Å². The number of Topliss-reactive ketones (excluding diaryl/α,β-unsaturated/α-hetero) is 2. The molecule has 127 heavy (non-hydrogen) atoms. The predicted octanol–water partition coefficient (Wildman–Crippen LogP) is 26.6. The van der Waals surface area contributed by atoms with Crippen molar-refractivity contribution in [2.45, 2.75) is 109 Å². The van der Waals surface area contributed by atoms with Crippen LogP contribution in [0.3, 0.4) is 0 Å². The van der Waals surface area contributed by atoms with E-state index in [0.717, 1.165) is 61.1 Å². The molecule has 0 saturated heterocycles. The molecule has 13 nitrogen and oxygen atoms in total. The van der Waals surface area contributed by atoms with E-state index < -0.39 is 10.8 Å². The number of rotatable bonds is 10. The van der Waals surface area contributed by atoms with E-state index in [1.54, 1.807) is 11.3 Å². The van der Waals surface area contributed by atoms with E-state index in [0.29, 0.717) is 0 Å². The number of carbonyl (C=O) groups excluding carboxylic acids is 5. The Balaban J connectivity index is 0.000000306. The van der Waals surface area contributed by atoms with Gasteiger partial charge in [-0.2, -0.15) is 0 Å². The Kier molecular flexibility index (Phi) is 45.3. The zero-order chi connectivity index (χ0) is 87.9. The molecule has 3 N–H and O–H groups in total. The monoisotopic (exact) mass is 2590 g/mol. The fourth-order valence-electron chi connectivity index (χ4n) is 12.7. The first kappa shape index (κ1) is 108. The number of thiophene rings is 1. The molecule has 10 aromatic carbocycles. The smallest absolute Gasteiger partial charge is 0.155 e. The number of ketones is 5. The van der Waals surface area contributed by atoms with Crippen LogP contribution in [0.5, 0.6) is 0 Å². The van der Waals surface area contributed by atoms with Crippen LogP contribution in [0.1, 0.15) is 114 Å². The second-order valence-electron chi connectivity index (χ2n) is 31.2. The number of fused-ring (bicyclic) bond motifs is 8. The zero-order valence-corrected chi connectivity index (χ0v) is 85.8. The van der Waals surface area contributed by atoms with Crippen LogP contribution in [-0.4, -0.2) is 69.2 Å². The van der Waals surface area contributed by atoms with Gasteiger partial charge in [-0.1, -0.05) is 218 Å². The Morgan fingerprint density at radius 2 is 0.780 bits per heavy atom. The summed E-state index contributed by atoms with van der Waals surface area (Å²) in [5.41, 5.74) is 14.8. The Morgan fingerprint density at radius 3 is 1.20 bits per heavy atom. The fraction of sp³-hybridized carbons (Fsp3) is 0.167. The number of aliphatic hydroxyl groups excluding tert-OH is 3. The largest absolute Gasteiger partial charge is 0.512 e. The van der Waals surface area contributed by atoms with Gasteiger partial charge in [0, 0.05) is 160 Å². The first-order valence-corrected chi connectivity index (χ1v) is 40.6. The predicted molar refractivity (Wildman–Crippen MR) is 500 cm³/mol. The fourth-order valence-corrected chi connectivity index (χ4v) is 13.7. The van der Waals surface area contributed by atoms with Gasteiger partial charge >= 0.3 is 0 Å². The molecule has 16 aromatic rings. The molecule has 0 amide bonds. The summed E-state index contributed by atoms with van der Waals surface area (Å²) in [6.45, 7) is 24.2. The Bertz CT molecular complexity index is 6080. The molecule has 5 radical (unpaired) electrons. The minimum atomic E-state index is -0.402. The number of carbonyl (C=O) groups is 5. The molecular formula is C108H100Ir5N5O8S-5. The Hall–Kier alpha value is -10.8. The summed E-state index contributed by atoms with van der Waals surface area (Å²) in [6.07, 6.45) is 11.0. The summed E-state index contributed by atoms with van der Waals surface area (Å²) in [5, 5.41) is 34.6. The number of aliphatic hydroxyl groups is 3. The third-order valence-electron chi connectivity index (χ3n) is 18.8. The third-order valence-corrected chi connectivity index (χ3v) is 19.9. The van der Waals surface area contributed by atoms with Crippen molar-refractivity contribution in [3.05, 3.63) is 381 Å². The second kappa shape index (κ2) is 53.1. The van der Waals surface area contributed by atoms with Crippen LogP contribution in [0.2, 0.25) is 0 Å². The number of nitrogens with zero attached hydrogens (tertiary/aromatic N) is 5. The molecule has 19 heteroatoms. The maximum atomic E-state index is 11.5. The molecule has 6 aromatic heterocycles. The number of benzene rings is 10. The molecule has 1 aliphatic rings. The standard InChI is InChI=1S/C24H18N.3C15H10N.C13H8NS.C11H20O2.3C5H8O2.5Ir/c1-24(2)21-10-6-5-9-19(21)20-12-11-17(15-22(20)24)23-18-8-4-3-7-16(18)13-14-25-23;2*1-2-7-13(8-3-1)15-14-9-5-4-6-12(14)10-11-16-15;1-2-6-12(7-3-1)15-11-10-13-8-4-5-9-14(13)16-15;1-2-7-12-10(5-1)9-13(15-12)11-6-3-4-8-14-11;1-10(2,3)8(12)7-9(13)11(4,5)6;3*1-4(6)3-5(2)7;;;;;/h3-10,12-15H,1-2H3;2*1-7,9-11H;1-6,8-11H;1-8H;7H2,1-6H3;3*3,6H,1-2H3;;;;;/q5*-1;;;;;;;;;. The van der Waals surface area contributed by atoms with Crippen LogP contribution in [0.15, 0.2) is 339 Å². The molecule has 0 aliphatic heterocycles. The number of para-hydroxylation sites is 1. The molecule has 17 rings (SSSR count). The van der Waals surface area contributed by atoms with Crippen LogP contribution < -0.4 is 0 Å². The zero-order valence-electron chi connectivity index (χ0n) is 73.0. The van der Waals surface area contributed by atoms with E-state index >= 15 is 0 Å². The van der Waals surface area contributed by atoms with Gasteiger partial charge in [0.25, 0.3) is 0 Å². The number of aromatic nitrogens is 5. The quantitative estimate of drug-likeness (QED) is 0.0504. The van der Waals surface area contributed by atoms with Crippen molar-refractivity contribution in [3.8, 4) is 66.7 Å². The topological polar surface area (TPSA) is 210 Å². The van der Waals surface area contributed by atoms with Gasteiger partial charge in [0.1, 0.15) is 11.6 Å². The van der Waals surface area contributed by atoms with E-state index in [1.165, 1.54) is 130 Å². The van der Waals surface area contributed by atoms with Crippen molar-refractivity contribution < 1.29 is 140 Å². The van der Waals surface area contributed by atoms with Crippen LogP contribution in [-0.2, 0) is 130 Å². The molecule has 0 bridgehead atoms. The third kappa shape index (κ3) is 33.1. The summed E-state index contributed by atoms with van der Waals surface area (Å²) in [6, 6.07) is 111. The number of allylic oxidation sites excluding steroid dienone is 6. The summed E-state index contributed by atoms with van der Waals surface area (Å²) < 4.78 is 1.26. The van der Waals surface area contributed by atoms with Gasteiger partial charge in [0.15, 0.2) is 17.3 Å². The Labute approximate surface area is 817 Å². The van der Waals surface area contributed by atoms with Crippen LogP contribution in [0.4, 0.5) is 0 Å². The molecule has 0 unspecified atom stereocenters. The van der Waals surface area contributed by atoms with E-state index in [9.17, 15) is 24.0 Å². The number of hydrogen-bond donors (Lipinski definition) is 3. The van der Waals surface area contributed by atoms with E-state index in [2.05, 4.69) is 190 Å². The van der Waals surface area contributed by atoms with Gasteiger partial charge in [-0.15, -0.1) is 161 Å². The van der Waals surface area contributed by atoms with Crippen molar-refractivity contribution in [2.24, 2.45) is 10.8 Å². The normalized spacial score (nSPS) is 11.2. The van der Waals surface area contributed by atoms with Crippen molar-refractivity contribution >= 4 is 93.6 Å². The molecule has 0 saturated carbocycles. The van der Waals surface area contributed by atoms with E-state index in [-0.39, 0.29) is 159 Å². The molecular weight excluding hydrogens is 2490 g/mol. The van der Waals surface area contributed by atoms with Gasteiger partial charge in [-0.05, 0) is 153 Å². The molecule has 0 atom stereocenters. The minimum Gasteiger partial charge on any atom is -0.512 e. The number of pyridine rings is 5. The average Bonchev–Trinajstić information content (AvgIpc) is 1.58. The average molecular weight is 2590 g/mol. The first-order chi connectivity index (χ1) is 58.4. The maximum Gasteiger partial charge on any atom is 0.155 e. The van der Waals surface area contributed by atoms with Crippen LogP contribution in [0.25, 0.3) is 120 Å². The van der Waals surface area contributed by atoms with Crippen LogP contribution >= 0.6 is 11.3 Å². The summed E-state index contributed by atoms with van der Waals surface area (Å²) in [5.74, 6) is -0.146. The van der Waals surface area contributed by atoms with Gasteiger partial charge < -0.3 is 35.3 Å². The van der Waals surface area contributed by atoms with Crippen molar-refractivity contribution in [3.63, 3.8) is 0 Å². The van der Waals surface area contributed by atoms with E-state index in [4.69, 9.17) is 15.3 Å². The molecule has 661 valence electrons. The number of hydrogen-bond acceptors (Lipinski definition) is 14. The molecule has 0 spiro atoms.